The van der Waals surface area contributed by atoms with Crippen LogP contribution in [0.25, 0.3) is 6.08 Å². The van der Waals surface area contributed by atoms with Gasteiger partial charge in [0.05, 0.1) is 36.9 Å². The number of carbonyl (C=O) groups is 1. The number of methoxy groups -OCH3 is 2. The summed E-state index contributed by atoms with van der Waals surface area (Å²) in [5.41, 5.74) is 2.70. The average Bonchev–Trinajstić information content (AvgIpc) is 3.33. The number of hydrogen-bond acceptors (Lipinski definition) is 8. The second-order valence-electron chi connectivity index (χ2n) is 8.50. The summed E-state index contributed by atoms with van der Waals surface area (Å²) in [7, 11) is 0.115. The predicted octanol–water partition coefficient (Wildman–Crippen LogP) is 2.97. The first-order chi connectivity index (χ1) is 15.8. The van der Waals surface area contributed by atoms with Crippen LogP contribution in [0.15, 0.2) is 30.0 Å². The molecule has 0 spiro atoms. The highest BCUT2D eigenvalue weighted by molar-refractivity contribution is 7.91. The van der Waals surface area contributed by atoms with Crippen LogP contribution in [-0.2, 0) is 16.4 Å². The van der Waals surface area contributed by atoms with Crippen LogP contribution in [0.5, 0.6) is 23.0 Å². The fourth-order valence-electron chi connectivity index (χ4n) is 4.64. The van der Waals surface area contributed by atoms with Crippen LogP contribution in [0.2, 0.25) is 0 Å². The number of aryl methyl sites for hydroxylation is 1. The Morgan fingerprint density at radius 2 is 2.00 bits per heavy atom. The molecular formula is C24H25NO7S. The standard InChI is InChI=1S/C24H25NO7S/c1-14-8-20-18(11-25(13-31-20)16-6-7-33(27,28)12-16)24-22(14)23(26)21(32-24)10-15-9-17(29-2)4-5-19(15)30-3/h4-5,8-10,16H,6-7,11-13H2,1-3H3/b21-10-. The maximum atomic E-state index is 13.3. The minimum absolute atomic E-state index is 0.103. The smallest absolute Gasteiger partial charge is 0.232 e. The maximum absolute atomic E-state index is 13.3. The Morgan fingerprint density at radius 1 is 1.18 bits per heavy atom. The summed E-state index contributed by atoms with van der Waals surface area (Å²) in [6, 6.07) is 7.08. The summed E-state index contributed by atoms with van der Waals surface area (Å²) < 4.78 is 46.7. The molecule has 9 heteroatoms. The van der Waals surface area contributed by atoms with Crippen molar-refractivity contribution in [3.05, 3.63) is 52.3 Å². The van der Waals surface area contributed by atoms with Crippen LogP contribution in [0.4, 0.5) is 0 Å². The molecule has 3 aliphatic rings. The Bertz CT molecular complexity index is 1280. The van der Waals surface area contributed by atoms with E-state index in [4.69, 9.17) is 18.9 Å². The van der Waals surface area contributed by atoms with E-state index < -0.39 is 9.84 Å². The van der Waals surface area contributed by atoms with Gasteiger partial charge in [-0.05, 0) is 49.2 Å². The quantitative estimate of drug-likeness (QED) is 0.629. The van der Waals surface area contributed by atoms with E-state index >= 15 is 0 Å². The number of allylic oxidation sites excluding steroid dienone is 1. The largest absolute Gasteiger partial charge is 0.497 e. The minimum Gasteiger partial charge on any atom is -0.497 e. The van der Waals surface area contributed by atoms with E-state index in [-0.39, 0.29) is 29.1 Å². The van der Waals surface area contributed by atoms with E-state index in [0.29, 0.717) is 53.8 Å². The number of benzene rings is 2. The average molecular weight is 472 g/mol. The van der Waals surface area contributed by atoms with Gasteiger partial charge in [0.1, 0.15) is 29.7 Å². The van der Waals surface area contributed by atoms with Crippen LogP contribution in [0, 0.1) is 6.92 Å². The van der Waals surface area contributed by atoms with Crippen LogP contribution >= 0.6 is 0 Å². The molecule has 8 nitrogen and oxygen atoms in total. The molecule has 0 bridgehead atoms. The Balaban J connectivity index is 1.50. The molecule has 0 saturated carbocycles. The van der Waals surface area contributed by atoms with Crippen molar-refractivity contribution >= 4 is 21.7 Å². The highest BCUT2D eigenvalue weighted by atomic mass is 32.2. The number of nitrogens with zero attached hydrogens (tertiary/aromatic N) is 1. The highest BCUT2D eigenvalue weighted by Crippen LogP contribution is 2.45. The molecule has 0 radical (unpaired) electrons. The lowest BCUT2D eigenvalue weighted by Crippen LogP contribution is -2.41. The van der Waals surface area contributed by atoms with Crippen molar-refractivity contribution in [1.82, 2.24) is 4.90 Å². The van der Waals surface area contributed by atoms with E-state index in [1.807, 2.05) is 17.9 Å². The topological polar surface area (TPSA) is 91.4 Å². The Morgan fingerprint density at radius 3 is 2.70 bits per heavy atom. The first-order valence-electron chi connectivity index (χ1n) is 10.7. The molecule has 0 amide bonds. The van der Waals surface area contributed by atoms with E-state index in [2.05, 4.69) is 0 Å². The summed E-state index contributed by atoms with van der Waals surface area (Å²) in [6.07, 6.45) is 2.23. The lowest BCUT2D eigenvalue weighted by Gasteiger charge is -2.33. The molecular weight excluding hydrogens is 446 g/mol. The van der Waals surface area contributed by atoms with Crippen molar-refractivity contribution in [3.8, 4) is 23.0 Å². The van der Waals surface area contributed by atoms with Gasteiger partial charge < -0.3 is 18.9 Å². The number of ketones is 1. The van der Waals surface area contributed by atoms with Gasteiger partial charge in [-0.1, -0.05) is 0 Å². The molecule has 2 aromatic rings. The Kier molecular flexibility index (Phi) is 5.33. The first-order valence-corrected chi connectivity index (χ1v) is 12.5. The van der Waals surface area contributed by atoms with E-state index in [0.717, 1.165) is 11.1 Å². The van der Waals surface area contributed by atoms with Crippen LogP contribution in [0.3, 0.4) is 0 Å². The van der Waals surface area contributed by atoms with Gasteiger partial charge in [-0.25, -0.2) is 8.42 Å². The van der Waals surface area contributed by atoms with Gasteiger partial charge in [0, 0.05) is 18.2 Å². The van der Waals surface area contributed by atoms with Gasteiger partial charge in [-0.2, -0.15) is 0 Å². The summed E-state index contributed by atoms with van der Waals surface area (Å²) in [5, 5.41) is 0. The maximum Gasteiger partial charge on any atom is 0.232 e. The molecule has 0 aromatic heterocycles. The number of sulfone groups is 1. The third-order valence-electron chi connectivity index (χ3n) is 6.40. The minimum atomic E-state index is -3.02. The van der Waals surface area contributed by atoms with E-state index in [1.165, 1.54) is 0 Å². The van der Waals surface area contributed by atoms with Crippen molar-refractivity contribution in [2.75, 3.05) is 32.5 Å². The fourth-order valence-corrected chi connectivity index (χ4v) is 6.40. The number of Topliss-reactive ketones (excluding diaryl/α,β-unsaturated/α-hetero) is 1. The zero-order chi connectivity index (χ0) is 23.3. The number of ether oxygens (including phenoxy) is 4. The fraction of sp³-hybridized carbons (Fsp3) is 0.375. The lowest BCUT2D eigenvalue weighted by atomic mass is 9.98. The van der Waals surface area contributed by atoms with Gasteiger partial charge in [-0.3, -0.25) is 9.69 Å². The second-order valence-corrected chi connectivity index (χ2v) is 10.7. The molecule has 1 atom stereocenters. The molecule has 1 unspecified atom stereocenters. The van der Waals surface area contributed by atoms with Crippen molar-refractivity contribution < 1.29 is 32.2 Å². The third kappa shape index (κ3) is 3.85. The van der Waals surface area contributed by atoms with Crippen molar-refractivity contribution in [2.45, 2.75) is 25.9 Å². The second kappa shape index (κ2) is 8.07. The van der Waals surface area contributed by atoms with Gasteiger partial charge in [0.15, 0.2) is 15.6 Å². The SMILES string of the molecule is COc1ccc(OC)c(/C=C2\Oc3c4c(cc(C)c3C2=O)OCN(C2CCS(=O)(=O)C2)C4)c1. The first kappa shape index (κ1) is 21.8. The van der Waals surface area contributed by atoms with Crippen molar-refractivity contribution in [3.63, 3.8) is 0 Å². The number of carbonyl (C=O) groups excluding carboxylic acids is 1. The molecule has 2 aromatic carbocycles. The monoisotopic (exact) mass is 471 g/mol. The molecule has 5 rings (SSSR count). The zero-order valence-electron chi connectivity index (χ0n) is 18.7. The number of fused-ring (bicyclic) bond motifs is 3. The summed E-state index contributed by atoms with van der Waals surface area (Å²) in [4.78, 5) is 15.3. The summed E-state index contributed by atoms with van der Waals surface area (Å²) in [6.45, 7) is 2.62. The number of hydrogen-bond donors (Lipinski definition) is 0. The third-order valence-corrected chi connectivity index (χ3v) is 8.15. The van der Waals surface area contributed by atoms with E-state index in [9.17, 15) is 13.2 Å². The van der Waals surface area contributed by atoms with Crippen molar-refractivity contribution in [2.24, 2.45) is 0 Å². The van der Waals surface area contributed by atoms with Crippen LogP contribution in [-0.4, -0.2) is 57.6 Å². The molecule has 3 aliphatic heterocycles. The van der Waals surface area contributed by atoms with Crippen LogP contribution < -0.4 is 18.9 Å². The predicted molar refractivity (Wildman–Crippen MR) is 122 cm³/mol. The van der Waals surface area contributed by atoms with Crippen molar-refractivity contribution in [1.29, 1.82) is 0 Å². The molecule has 174 valence electrons. The normalized spacial score (nSPS) is 22.5. The van der Waals surface area contributed by atoms with E-state index in [1.54, 1.807) is 38.5 Å². The molecule has 1 saturated heterocycles. The molecule has 33 heavy (non-hydrogen) atoms. The Hall–Kier alpha value is -3.04. The zero-order valence-corrected chi connectivity index (χ0v) is 19.5. The van der Waals surface area contributed by atoms with Crippen LogP contribution in [0.1, 0.15) is 33.5 Å². The van der Waals surface area contributed by atoms with Gasteiger partial charge in [0.2, 0.25) is 5.78 Å². The lowest BCUT2D eigenvalue weighted by molar-refractivity contribution is 0.0633. The molecule has 0 aliphatic carbocycles. The Labute approximate surface area is 192 Å². The number of rotatable bonds is 4. The van der Waals surface area contributed by atoms with Gasteiger partial charge in [0.25, 0.3) is 0 Å². The molecule has 1 fully saturated rings. The highest BCUT2D eigenvalue weighted by Gasteiger charge is 2.39. The molecule has 3 heterocycles. The summed E-state index contributed by atoms with van der Waals surface area (Å²) >= 11 is 0. The molecule has 0 N–H and O–H groups in total. The summed E-state index contributed by atoms with van der Waals surface area (Å²) in [5.74, 6) is 2.66. The van der Waals surface area contributed by atoms with Gasteiger partial charge >= 0.3 is 0 Å². The van der Waals surface area contributed by atoms with Gasteiger partial charge in [-0.15, -0.1) is 0 Å².